The fourth-order valence-electron chi connectivity index (χ4n) is 3.70. The lowest BCUT2D eigenvalue weighted by Gasteiger charge is -2.26. The molecule has 0 rings (SSSR count). The predicted molar refractivity (Wildman–Crippen MR) is 140 cm³/mol. The van der Waals surface area contributed by atoms with E-state index in [9.17, 15) is 9.36 Å². The van der Waals surface area contributed by atoms with Gasteiger partial charge in [-0.1, -0.05) is 104 Å². The van der Waals surface area contributed by atoms with Crippen LogP contribution in [0.15, 0.2) is 0 Å². The van der Waals surface area contributed by atoms with Gasteiger partial charge in [-0.3, -0.25) is 9.05 Å². The van der Waals surface area contributed by atoms with Crippen LogP contribution in [0.5, 0.6) is 0 Å². The summed E-state index contributed by atoms with van der Waals surface area (Å²) in [5.41, 5.74) is 0. The maximum Gasteiger partial charge on any atom is 0.534 e. The first kappa shape index (κ1) is 32.8. The molecule has 0 aromatic heterocycles. The van der Waals surface area contributed by atoms with Gasteiger partial charge in [0.2, 0.25) is 0 Å². The second-order valence-electron chi connectivity index (χ2n) is 8.89. The number of hydrogen-bond donors (Lipinski definition) is 1. The molecular weight excluding hydrogens is 459 g/mol. The summed E-state index contributed by atoms with van der Waals surface area (Å²) in [6, 6.07) is 0. The minimum atomic E-state index is -4.13. The average Bonchev–Trinajstić information content (AvgIpc) is 2.76. The molecule has 33 heavy (non-hydrogen) atoms. The largest absolute Gasteiger partial charge is 0.534 e. The third-order valence-corrected chi connectivity index (χ3v) is 8.68. The molecule has 0 heterocycles. The number of unbranched alkanes of at least 4 members (excludes halogenated alkanes) is 12. The molecule has 0 saturated heterocycles. The monoisotopic (exact) mass is 510 g/mol. The Balaban J connectivity index is 4.57. The fraction of sp³-hybridized carbons (Fsp3) is 0.960. The summed E-state index contributed by atoms with van der Waals surface area (Å²) >= 11 is 1.85. The normalized spacial score (nSPS) is 15.2. The Kier molecular flexibility index (Phi) is 22.1. The first-order valence-electron chi connectivity index (χ1n) is 13.4. The lowest BCUT2D eigenvalue weighted by molar-refractivity contribution is 0.0764. The Hall–Kier alpha value is -0.230. The Bertz CT molecular complexity index is 505. The van der Waals surface area contributed by atoms with Gasteiger partial charge in [-0.25, -0.2) is 9.36 Å². The van der Waals surface area contributed by atoms with Crippen molar-refractivity contribution in [2.24, 2.45) is 0 Å². The number of rotatable bonds is 24. The van der Waals surface area contributed by atoms with E-state index in [0.29, 0.717) is 6.42 Å². The van der Waals surface area contributed by atoms with Crippen LogP contribution in [0.3, 0.4) is 0 Å². The van der Waals surface area contributed by atoms with E-state index in [2.05, 4.69) is 18.4 Å². The Morgan fingerprint density at radius 3 is 1.85 bits per heavy atom. The van der Waals surface area contributed by atoms with Gasteiger partial charge in [0.15, 0.2) is 0 Å². The molecule has 1 N–H and O–H groups in total. The first-order chi connectivity index (χ1) is 15.9. The standard InChI is InChI=1S/C25H51O6PS/c1-5-8-10-12-13-14-15-17-19-22-33-24(20-18-16-11-9-6-2)23(4)30-32(28,29-21-7-3)31-25(26)27/h23-24H,5-22H2,1-4H3,(H,26,27). The fourth-order valence-corrected chi connectivity index (χ4v) is 6.42. The van der Waals surface area contributed by atoms with Gasteiger partial charge >= 0.3 is 14.0 Å². The molecule has 198 valence electrons. The third-order valence-electron chi connectivity index (χ3n) is 5.63. The summed E-state index contributed by atoms with van der Waals surface area (Å²) in [5, 5.41) is 9.10. The van der Waals surface area contributed by atoms with Crippen molar-refractivity contribution in [3.8, 4) is 0 Å². The van der Waals surface area contributed by atoms with E-state index < -0.39 is 20.1 Å². The van der Waals surface area contributed by atoms with E-state index in [-0.39, 0.29) is 11.9 Å². The summed E-state index contributed by atoms with van der Waals surface area (Å²) in [7, 11) is -4.13. The van der Waals surface area contributed by atoms with Crippen LogP contribution < -0.4 is 0 Å². The number of hydrogen-bond acceptors (Lipinski definition) is 6. The van der Waals surface area contributed by atoms with E-state index in [1.54, 1.807) is 0 Å². The molecular formula is C25H51O6PS. The Morgan fingerprint density at radius 1 is 0.818 bits per heavy atom. The van der Waals surface area contributed by atoms with E-state index in [1.165, 1.54) is 77.0 Å². The van der Waals surface area contributed by atoms with Crippen molar-refractivity contribution in [1.82, 2.24) is 0 Å². The molecule has 0 amide bonds. The second-order valence-corrected chi connectivity index (χ2v) is 11.8. The highest BCUT2D eigenvalue weighted by Crippen LogP contribution is 2.52. The summed E-state index contributed by atoms with van der Waals surface area (Å²) in [4.78, 5) is 11.0. The van der Waals surface area contributed by atoms with Gasteiger partial charge in [0.1, 0.15) is 0 Å². The third kappa shape index (κ3) is 19.7. The minimum Gasteiger partial charge on any atom is -0.449 e. The number of thioether (sulfide) groups is 1. The van der Waals surface area contributed by atoms with Crippen molar-refractivity contribution in [3.05, 3.63) is 0 Å². The minimum absolute atomic E-state index is 0.130. The lowest BCUT2D eigenvalue weighted by Crippen LogP contribution is -2.24. The molecule has 0 aliphatic rings. The summed E-state index contributed by atoms with van der Waals surface area (Å²) < 4.78 is 28.2. The maximum atomic E-state index is 12.8. The Morgan fingerprint density at radius 2 is 1.33 bits per heavy atom. The molecule has 0 bridgehead atoms. The van der Waals surface area contributed by atoms with Crippen molar-refractivity contribution in [2.45, 2.75) is 142 Å². The molecule has 8 heteroatoms. The number of carbonyl (C=O) groups is 1. The van der Waals surface area contributed by atoms with Gasteiger partial charge in [0.05, 0.1) is 12.7 Å². The van der Waals surface area contributed by atoms with Crippen LogP contribution in [0.25, 0.3) is 0 Å². The highest BCUT2D eigenvalue weighted by atomic mass is 32.2. The van der Waals surface area contributed by atoms with Crippen LogP contribution in [-0.4, -0.2) is 35.0 Å². The molecule has 0 radical (unpaired) electrons. The molecule has 0 aromatic rings. The van der Waals surface area contributed by atoms with Gasteiger partial charge in [-0.15, -0.1) is 0 Å². The smallest absolute Gasteiger partial charge is 0.449 e. The van der Waals surface area contributed by atoms with Crippen molar-refractivity contribution in [2.75, 3.05) is 12.4 Å². The zero-order valence-corrected chi connectivity index (χ0v) is 23.4. The molecule has 0 spiro atoms. The maximum absolute atomic E-state index is 12.8. The molecule has 6 nitrogen and oxygen atoms in total. The number of phosphoric acid groups is 1. The average molecular weight is 511 g/mol. The summed E-state index contributed by atoms with van der Waals surface area (Å²) in [6.45, 7) is 8.29. The molecule has 0 aromatic carbocycles. The van der Waals surface area contributed by atoms with Crippen LogP contribution in [0.1, 0.15) is 130 Å². The van der Waals surface area contributed by atoms with Gasteiger partial charge in [-0.05, 0) is 31.9 Å². The molecule has 0 fully saturated rings. The highest BCUT2D eigenvalue weighted by Gasteiger charge is 2.35. The summed E-state index contributed by atoms with van der Waals surface area (Å²) in [6.07, 6.45) is 17.1. The van der Waals surface area contributed by atoms with Crippen molar-refractivity contribution >= 4 is 25.7 Å². The van der Waals surface area contributed by atoms with Crippen molar-refractivity contribution < 1.29 is 28.0 Å². The van der Waals surface area contributed by atoms with Gasteiger partial charge in [0.25, 0.3) is 0 Å². The molecule has 3 unspecified atom stereocenters. The zero-order valence-electron chi connectivity index (χ0n) is 21.7. The Labute approximate surface area is 207 Å². The van der Waals surface area contributed by atoms with E-state index in [1.807, 2.05) is 25.6 Å². The van der Waals surface area contributed by atoms with E-state index >= 15 is 0 Å². The molecule has 0 aliphatic carbocycles. The quantitative estimate of drug-likeness (QED) is 0.102. The lowest BCUT2D eigenvalue weighted by atomic mass is 10.1. The SMILES string of the molecule is CCCCCCCCCCCSC(CCCCCCC)C(C)OP(=O)(OCCC)OC(=O)O. The number of phosphoric ester groups is 1. The van der Waals surface area contributed by atoms with Gasteiger partial charge in [0, 0.05) is 5.25 Å². The van der Waals surface area contributed by atoms with Gasteiger partial charge in [-0.2, -0.15) is 11.8 Å². The van der Waals surface area contributed by atoms with E-state index in [4.69, 9.17) is 14.2 Å². The summed E-state index contributed by atoms with van der Waals surface area (Å²) in [5.74, 6) is 1.03. The van der Waals surface area contributed by atoms with Crippen LogP contribution >= 0.6 is 19.6 Å². The first-order valence-corrected chi connectivity index (χ1v) is 15.9. The van der Waals surface area contributed by atoms with Crippen LogP contribution in [0.4, 0.5) is 4.79 Å². The second kappa shape index (κ2) is 22.2. The van der Waals surface area contributed by atoms with Crippen LogP contribution in [0, 0.1) is 0 Å². The molecule has 0 saturated carbocycles. The van der Waals surface area contributed by atoms with Crippen LogP contribution in [-0.2, 0) is 18.1 Å². The van der Waals surface area contributed by atoms with Gasteiger partial charge < -0.3 is 9.63 Å². The highest BCUT2D eigenvalue weighted by molar-refractivity contribution is 7.99. The van der Waals surface area contributed by atoms with Crippen LogP contribution in [0.2, 0.25) is 0 Å². The van der Waals surface area contributed by atoms with Crippen molar-refractivity contribution in [3.63, 3.8) is 0 Å². The topological polar surface area (TPSA) is 82.1 Å². The predicted octanol–water partition coefficient (Wildman–Crippen LogP) is 9.61. The zero-order chi connectivity index (χ0) is 24.8. The number of carboxylic acid groups (broad SMARTS) is 1. The van der Waals surface area contributed by atoms with E-state index in [0.717, 1.165) is 25.0 Å². The molecule has 0 aliphatic heterocycles. The van der Waals surface area contributed by atoms with Crippen molar-refractivity contribution in [1.29, 1.82) is 0 Å². The molecule has 3 atom stereocenters.